The third kappa shape index (κ3) is 3.90. The molecule has 132 valence electrons. The number of halogens is 4. The Morgan fingerprint density at radius 2 is 1.76 bits per heavy atom. The predicted molar refractivity (Wildman–Crippen MR) is 90.7 cm³/mol. The van der Waals surface area contributed by atoms with E-state index in [9.17, 15) is 18.0 Å². The van der Waals surface area contributed by atoms with Crippen molar-refractivity contribution in [2.45, 2.75) is 31.5 Å². The van der Waals surface area contributed by atoms with E-state index in [1.54, 1.807) is 0 Å². The van der Waals surface area contributed by atoms with Crippen LogP contribution in [0.5, 0.6) is 0 Å². The number of benzene rings is 2. The highest BCUT2D eigenvalue weighted by atomic mass is 35.5. The van der Waals surface area contributed by atoms with E-state index in [1.165, 1.54) is 6.07 Å². The number of nitrogens with one attached hydrogen (secondary N) is 2. The number of urea groups is 1. The highest BCUT2D eigenvalue weighted by molar-refractivity contribution is 6.30. The van der Waals surface area contributed by atoms with E-state index in [4.69, 9.17) is 11.6 Å². The van der Waals surface area contributed by atoms with Crippen molar-refractivity contribution in [3.8, 4) is 0 Å². The van der Waals surface area contributed by atoms with Crippen LogP contribution in [0.15, 0.2) is 42.5 Å². The number of aryl methyl sites for hydroxylation is 1. The quantitative estimate of drug-likeness (QED) is 0.740. The van der Waals surface area contributed by atoms with Crippen LogP contribution in [0.25, 0.3) is 0 Å². The van der Waals surface area contributed by atoms with Gasteiger partial charge in [-0.25, -0.2) is 4.79 Å². The van der Waals surface area contributed by atoms with Crippen molar-refractivity contribution < 1.29 is 18.0 Å². The molecule has 2 amide bonds. The van der Waals surface area contributed by atoms with Gasteiger partial charge in [0.25, 0.3) is 0 Å². The summed E-state index contributed by atoms with van der Waals surface area (Å²) in [5, 5.41) is 5.04. The standard InChI is InChI=1S/C18H16ClF3N2O/c1-11-2-4-12(5-3-11)17(8-9-17)24-16(25)23-15-7-6-13(19)10-14(15)18(20,21)22/h2-7,10H,8-9H2,1H3,(H2,23,24,25). The average molecular weight is 369 g/mol. The van der Waals surface area contributed by atoms with Gasteiger partial charge in [0.2, 0.25) is 0 Å². The summed E-state index contributed by atoms with van der Waals surface area (Å²) >= 11 is 5.64. The maximum atomic E-state index is 13.1. The number of carbonyl (C=O) groups excluding carboxylic acids is 1. The molecule has 3 nitrogen and oxygen atoms in total. The monoisotopic (exact) mass is 368 g/mol. The highest BCUT2D eigenvalue weighted by Crippen LogP contribution is 2.45. The Balaban J connectivity index is 1.77. The van der Waals surface area contributed by atoms with Gasteiger partial charge in [-0.2, -0.15) is 13.2 Å². The largest absolute Gasteiger partial charge is 0.418 e. The minimum atomic E-state index is -4.61. The molecular weight excluding hydrogens is 353 g/mol. The fourth-order valence-corrected chi connectivity index (χ4v) is 2.89. The van der Waals surface area contributed by atoms with Gasteiger partial charge in [-0.3, -0.25) is 0 Å². The number of hydrogen-bond acceptors (Lipinski definition) is 1. The lowest BCUT2D eigenvalue weighted by atomic mass is 10.0. The van der Waals surface area contributed by atoms with Crippen molar-refractivity contribution in [2.75, 3.05) is 5.32 Å². The van der Waals surface area contributed by atoms with Crippen LogP contribution in [0.4, 0.5) is 23.7 Å². The van der Waals surface area contributed by atoms with Gasteiger partial charge in [-0.15, -0.1) is 0 Å². The Labute approximate surface area is 148 Å². The Hall–Kier alpha value is -2.21. The summed E-state index contributed by atoms with van der Waals surface area (Å²) in [5.74, 6) is 0. The number of amides is 2. The summed E-state index contributed by atoms with van der Waals surface area (Å²) in [5.41, 5.74) is 0.229. The molecule has 25 heavy (non-hydrogen) atoms. The van der Waals surface area contributed by atoms with Crippen LogP contribution in [0, 0.1) is 6.92 Å². The second-order valence-corrected chi connectivity index (χ2v) is 6.65. The average Bonchev–Trinajstić information content (AvgIpc) is 3.29. The van der Waals surface area contributed by atoms with Crippen molar-refractivity contribution in [2.24, 2.45) is 0 Å². The van der Waals surface area contributed by atoms with Crippen LogP contribution in [0.3, 0.4) is 0 Å². The van der Waals surface area contributed by atoms with Gasteiger partial charge in [0, 0.05) is 5.02 Å². The lowest BCUT2D eigenvalue weighted by molar-refractivity contribution is -0.136. The molecule has 1 aliphatic rings. The SMILES string of the molecule is Cc1ccc(C2(NC(=O)Nc3ccc(Cl)cc3C(F)(F)F)CC2)cc1. The smallest absolute Gasteiger partial charge is 0.328 e. The van der Waals surface area contributed by atoms with Crippen molar-refractivity contribution in [3.63, 3.8) is 0 Å². The first-order chi connectivity index (χ1) is 11.7. The molecule has 0 saturated heterocycles. The first-order valence-electron chi connectivity index (χ1n) is 7.73. The maximum Gasteiger partial charge on any atom is 0.418 e. The van der Waals surface area contributed by atoms with Crippen LogP contribution >= 0.6 is 11.6 Å². The summed E-state index contributed by atoms with van der Waals surface area (Å²) in [4.78, 5) is 12.2. The Kier molecular flexibility index (Phi) is 4.41. The van der Waals surface area contributed by atoms with E-state index < -0.39 is 23.3 Å². The molecule has 0 radical (unpaired) electrons. The molecule has 0 bridgehead atoms. The van der Waals surface area contributed by atoms with Crippen LogP contribution in [0.2, 0.25) is 5.02 Å². The molecule has 0 heterocycles. The summed E-state index contributed by atoms with van der Waals surface area (Å²) in [7, 11) is 0. The lowest BCUT2D eigenvalue weighted by Gasteiger charge is -2.20. The van der Waals surface area contributed by atoms with Crippen molar-refractivity contribution in [1.82, 2.24) is 5.32 Å². The Bertz CT molecular complexity index is 799. The van der Waals surface area contributed by atoms with Crippen LogP contribution in [-0.4, -0.2) is 6.03 Å². The number of alkyl halides is 3. The van der Waals surface area contributed by atoms with E-state index in [0.29, 0.717) is 0 Å². The zero-order valence-corrected chi connectivity index (χ0v) is 14.1. The fraction of sp³-hybridized carbons (Fsp3) is 0.278. The molecule has 2 aromatic carbocycles. The maximum absolute atomic E-state index is 13.1. The minimum Gasteiger partial charge on any atom is -0.328 e. The Morgan fingerprint density at radius 1 is 1.12 bits per heavy atom. The molecular formula is C18H16ClF3N2O. The first kappa shape index (κ1) is 17.6. The van der Waals surface area contributed by atoms with E-state index in [0.717, 1.165) is 36.1 Å². The summed E-state index contributed by atoms with van der Waals surface area (Å²) < 4.78 is 39.3. The Morgan fingerprint density at radius 3 is 2.32 bits per heavy atom. The number of hydrogen-bond donors (Lipinski definition) is 2. The van der Waals surface area contributed by atoms with Crippen molar-refractivity contribution >= 4 is 23.3 Å². The van der Waals surface area contributed by atoms with Gasteiger partial charge in [-0.05, 0) is 43.5 Å². The molecule has 2 N–H and O–H groups in total. The van der Waals surface area contributed by atoms with Gasteiger partial charge in [0.1, 0.15) is 0 Å². The van der Waals surface area contributed by atoms with Crippen LogP contribution in [0.1, 0.15) is 29.5 Å². The van der Waals surface area contributed by atoms with Gasteiger partial charge in [0.15, 0.2) is 0 Å². The van der Waals surface area contributed by atoms with Gasteiger partial charge in [-0.1, -0.05) is 41.4 Å². The summed E-state index contributed by atoms with van der Waals surface area (Å²) in [6.07, 6.45) is -3.12. The van der Waals surface area contributed by atoms with E-state index in [2.05, 4.69) is 10.6 Å². The molecule has 3 rings (SSSR count). The van der Waals surface area contributed by atoms with Gasteiger partial charge in [0.05, 0.1) is 16.8 Å². The molecule has 0 spiro atoms. The molecule has 0 aromatic heterocycles. The van der Waals surface area contributed by atoms with Crippen LogP contribution < -0.4 is 10.6 Å². The molecule has 0 unspecified atom stereocenters. The zero-order valence-electron chi connectivity index (χ0n) is 13.4. The van der Waals surface area contributed by atoms with Crippen molar-refractivity contribution in [3.05, 3.63) is 64.2 Å². The third-order valence-electron chi connectivity index (χ3n) is 4.24. The first-order valence-corrected chi connectivity index (χ1v) is 8.10. The number of carbonyl (C=O) groups is 1. The minimum absolute atomic E-state index is 0.0448. The van der Waals surface area contributed by atoms with Gasteiger partial charge < -0.3 is 10.6 Å². The third-order valence-corrected chi connectivity index (χ3v) is 4.48. The second kappa shape index (κ2) is 6.26. The molecule has 0 atom stereocenters. The predicted octanol–water partition coefficient (Wildman–Crippen LogP) is 5.48. The van der Waals surface area contributed by atoms with Crippen LogP contribution in [-0.2, 0) is 11.7 Å². The highest BCUT2D eigenvalue weighted by Gasteiger charge is 2.46. The summed E-state index contributed by atoms with van der Waals surface area (Å²) in [6.45, 7) is 1.96. The topological polar surface area (TPSA) is 41.1 Å². The molecule has 7 heteroatoms. The molecule has 0 aliphatic heterocycles. The second-order valence-electron chi connectivity index (χ2n) is 6.21. The molecule has 1 fully saturated rings. The lowest BCUT2D eigenvalue weighted by Crippen LogP contribution is -2.38. The van der Waals surface area contributed by atoms with E-state index in [-0.39, 0.29) is 10.7 Å². The molecule has 1 saturated carbocycles. The van der Waals surface area contributed by atoms with E-state index in [1.807, 2.05) is 31.2 Å². The molecule has 2 aromatic rings. The van der Waals surface area contributed by atoms with Crippen molar-refractivity contribution in [1.29, 1.82) is 0 Å². The van der Waals surface area contributed by atoms with Gasteiger partial charge >= 0.3 is 12.2 Å². The molecule has 1 aliphatic carbocycles. The fourth-order valence-electron chi connectivity index (χ4n) is 2.71. The normalized spacial score (nSPS) is 15.6. The summed E-state index contributed by atoms with van der Waals surface area (Å²) in [6, 6.07) is 10.3. The number of rotatable bonds is 3. The number of anilines is 1. The zero-order chi connectivity index (χ0) is 18.2. The van der Waals surface area contributed by atoms with E-state index >= 15 is 0 Å².